The van der Waals surface area contributed by atoms with Crippen molar-refractivity contribution < 1.29 is 4.92 Å². The Morgan fingerprint density at radius 2 is 1.54 bits per heavy atom. The molecule has 0 fully saturated rings. The number of anilines is 1. The molecule has 0 bridgehead atoms. The van der Waals surface area contributed by atoms with Crippen molar-refractivity contribution >= 4 is 23.0 Å². The molecule has 0 aliphatic heterocycles. The largest absolute Gasteiger partial charge is 0.378 e. The predicted molar refractivity (Wildman–Crippen MR) is 115 cm³/mol. The van der Waals surface area contributed by atoms with E-state index in [1.807, 2.05) is 50.5 Å². The topological polar surface area (TPSA) is 46.4 Å². The van der Waals surface area contributed by atoms with Crippen molar-refractivity contribution in [2.45, 2.75) is 0 Å². The molecule has 138 valence electrons. The number of hydrogen-bond acceptors (Lipinski definition) is 3. The maximum Gasteiger partial charge on any atom is 0.270 e. The van der Waals surface area contributed by atoms with Crippen molar-refractivity contribution in [1.82, 2.24) is 0 Å². The van der Waals surface area contributed by atoms with Crippen LogP contribution in [0.3, 0.4) is 0 Å². The maximum absolute atomic E-state index is 11.2. The first-order valence-corrected chi connectivity index (χ1v) is 9.09. The summed E-state index contributed by atoms with van der Waals surface area (Å²) in [7, 11) is 4.03. The minimum Gasteiger partial charge on any atom is -0.378 e. The van der Waals surface area contributed by atoms with E-state index in [-0.39, 0.29) is 10.6 Å². The van der Waals surface area contributed by atoms with Crippen LogP contribution in [0.25, 0.3) is 22.8 Å². The molecule has 0 unspecified atom stereocenters. The molecule has 3 aromatic rings. The molecule has 3 aromatic carbocycles. The van der Waals surface area contributed by atoms with E-state index in [0.29, 0.717) is 0 Å². The van der Waals surface area contributed by atoms with Gasteiger partial charge in [-0.05, 0) is 51.6 Å². The van der Waals surface area contributed by atoms with Gasteiger partial charge in [-0.25, -0.2) is 0 Å². The standard InChI is InChI=1S/C24H20N2O2/c1-25(2)18-12-10-17(11-13-18)6-5-9-22-20-7-3-4-8-21(20)23-15-14-19(26(27)28)16-24(22)23/h3-16H,1-2H3/b6-5+,22-9+. The molecule has 0 heterocycles. The van der Waals surface area contributed by atoms with Crippen LogP contribution >= 0.6 is 0 Å². The fraction of sp³-hybridized carbons (Fsp3) is 0.0833. The Morgan fingerprint density at radius 1 is 0.857 bits per heavy atom. The van der Waals surface area contributed by atoms with Crippen molar-refractivity contribution in [2.24, 2.45) is 0 Å². The third-order valence-corrected chi connectivity index (χ3v) is 4.97. The molecule has 0 radical (unpaired) electrons. The van der Waals surface area contributed by atoms with Crippen LogP contribution in [-0.4, -0.2) is 19.0 Å². The first-order valence-electron chi connectivity index (χ1n) is 9.09. The Hall–Kier alpha value is -3.66. The van der Waals surface area contributed by atoms with Gasteiger partial charge in [-0.3, -0.25) is 10.1 Å². The van der Waals surface area contributed by atoms with Gasteiger partial charge < -0.3 is 4.90 Å². The lowest BCUT2D eigenvalue weighted by Gasteiger charge is -2.11. The van der Waals surface area contributed by atoms with Gasteiger partial charge in [0.2, 0.25) is 0 Å². The van der Waals surface area contributed by atoms with Crippen molar-refractivity contribution in [3.8, 4) is 11.1 Å². The van der Waals surface area contributed by atoms with E-state index in [4.69, 9.17) is 0 Å². The maximum atomic E-state index is 11.2. The van der Waals surface area contributed by atoms with Crippen LogP contribution in [0.15, 0.2) is 78.9 Å². The lowest BCUT2D eigenvalue weighted by atomic mass is 10.0. The third-order valence-electron chi connectivity index (χ3n) is 4.97. The second kappa shape index (κ2) is 7.16. The summed E-state index contributed by atoms with van der Waals surface area (Å²) < 4.78 is 0. The Morgan fingerprint density at radius 3 is 2.21 bits per heavy atom. The first-order chi connectivity index (χ1) is 13.5. The molecule has 4 rings (SSSR count). The highest BCUT2D eigenvalue weighted by atomic mass is 16.6. The van der Waals surface area contributed by atoms with Crippen LogP contribution < -0.4 is 4.90 Å². The van der Waals surface area contributed by atoms with Crippen LogP contribution in [0.4, 0.5) is 11.4 Å². The van der Waals surface area contributed by atoms with Crippen molar-refractivity contribution in [3.05, 3.63) is 106 Å². The van der Waals surface area contributed by atoms with Gasteiger partial charge in [0.15, 0.2) is 0 Å². The van der Waals surface area contributed by atoms with Crippen LogP contribution in [0.5, 0.6) is 0 Å². The number of nitro groups is 1. The molecule has 0 atom stereocenters. The number of nitro benzene ring substituents is 1. The van der Waals surface area contributed by atoms with Crippen LogP contribution in [-0.2, 0) is 0 Å². The zero-order valence-corrected chi connectivity index (χ0v) is 15.8. The number of nitrogens with zero attached hydrogens (tertiary/aromatic N) is 2. The van der Waals surface area contributed by atoms with Gasteiger partial charge in [-0.1, -0.05) is 54.6 Å². The Bertz CT molecular complexity index is 1110. The molecular weight excluding hydrogens is 348 g/mol. The Labute approximate surface area is 164 Å². The minimum absolute atomic E-state index is 0.112. The normalized spacial score (nSPS) is 13.6. The summed E-state index contributed by atoms with van der Waals surface area (Å²) in [5.41, 5.74) is 7.54. The molecule has 0 amide bonds. The molecule has 0 saturated heterocycles. The average molecular weight is 368 g/mol. The first kappa shape index (κ1) is 17.7. The smallest absolute Gasteiger partial charge is 0.270 e. The number of fused-ring (bicyclic) bond motifs is 3. The number of non-ortho nitro benzene ring substituents is 1. The van der Waals surface area contributed by atoms with E-state index in [1.54, 1.807) is 12.1 Å². The van der Waals surface area contributed by atoms with Gasteiger partial charge in [-0.15, -0.1) is 0 Å². The van der Waals surface area contributed by atoms with Gasteiger partial charge in [0.25, 0.3) is 5.69 Å². The molecule has 0 saturated carbocycles. The van der Waals surface area contributed by atoms with Gasteiger partial charge >= 0.3 is 0 Å². The summed E-state index contributed by atoms with van der Waals surface area (Å²) in [5, 5.41) is 11.2. The quantitative estimate of drug-likeness (QED) is 0.338. The predicted octanol–water partition coefficient (Wildman–Crippen LogP) is 5.79. The summed E-state index contributed by atoms with van der Waals surface area (Å²) >= 11 is 0. The second-order valence-electron chi connectivity index (χ2n) is 6.96. The fourth-order valence-electron chi connectivity index (χ4n) is 3.52. The summed E-state index contributed by atoms with van der Waals surface area (Å²) in [5.74, 6) is 0. The van der Waals surface area contributed by atoms with Crippen LogP contribution in [0.2, 0.25) is 0 Å². The summed E-state index contributed by atoms with van der Waals surface area (Å²) in [6, 6.07) is 21.5. The van der Waals surface area contributed by atoms with Crippen molar-refractivity contribution in [2.75, 3.05) is 19.0 Å². The fourth-order valence-corrected chi connectivity index (χ4v) is 3.52. The lowest BCUT2D eigenvalue weighted by molar-refractivity contribution is -0.384. The van der Waals surface area contributed by atoms with Gasteiger partial charge in [0.1, 0.15) is 0 Å². The van der Waals surface area contributed by atoms with Gasteiger partial charge in [-0.2, -0.15) is 0 Å². The Balaban J connectivity index is 1.72. The van der Waals surface area contributed by atoms with Crippen molar-refractivity contribution in [1.29, 1.82) is 0 Å². The van der Waals surface area contributed by atoms with E-state index in [1.165, 1.54) is 0 Å². The van der Waals surface area contributed by atoms with E-state index >= 15 is 0 Å². The van der Waals surface area contributed by atoms with E-state index in [2.05, 4.69) is 41.3 Å². The van der Waals surface area contributed by atoms with E-state index in [9.17, 15) is 10.1 Å². The summed E-state index contributed by atoms with van der Waals surface area (Å²) in [6.45, 7) is 0. The van der Waals surface area contributed by atoms with Crippen molar-refractivity contribution in [3.63, 3.8) is 0 Å². The molecule has 4 nitrogen and oxygen atoms in total. The average Bonchev–Trinajstić information content (AvgIpc) is 3.02. The van der Waals surface area contributed by atoms with Crippen LogP contribution in [0, 0.1) is 10.1 Å². The van der Waals surface area contributed by atoms with E-state index < -0.39 is 0 Å². The minimum atomic E-state index is -0.344. The number of benzene rings is 3. The number of hydrogen-bond donors (Lipinski definition) is 0. The highest BCUT2D eigenvalue weighted by molar-refractivity contribution is 6.02. The van der Waals surface area contributed by atoms with Crippen LogP contribution in [0.1, 0.15) is 16.7 Å². The highest BCUT2D eigenvalue weighted by Crippen LogP contribution is 2.45. The second-order valence-corrected chi connectivity index (χ2v) is 6.96. The zero-order chi connectivity index (χ0) is 19.7. The lowest BCUT2D eigenvalue weighted by Crippen LogP contribution is -2.07. The van der Waals surface area contributed by atoms with E-state index in [0.717, 1.165) is 39.1 Å². The van der Waals surface area contributed by atoms with Gasteiger partial charge in [0.05, 0.1) is 4.92 Å². The molecule has 28 heavy (non-hydrogen) atoms. The highest BCUT2D eigenvalue weighted by Gasteiger charge is 2.24. The molecule has 1 aliphatic carbocycles. The molecule has 4 heteroatoms. The zero-order valence-electron chi connectivity index (χ0n) is 15.8. The number of rotatable bonds is 4. The molecule has 0 aromatic heterocycles. The molecule has 0 spiro atoms. The molecular formula is C24H20N2O2. The number of allylic oxidation sites excluding steroid dienone is 2. The SMILES string of the molecule is CN(C)c1ccc(/C=C/C=C2\c3ccccc3-c3ccc([N+](=O)[O-])cc32)cc1. The summed E-state index contributed by atoms with van der Waals surface area (Å²) in [6.07, 6.45) is 6.09. The third kappa shape index (κ3) is 3.21. The Kier molecular flexibility index (Phi) is 4.53. The monoisotopic (exact) mass is 368 g/mol. The molecule has 0 N–H and O–H groups in total. The summed E-state index contributed by atoms with van der Waals surface area (Å²) in [4.78, 5) is 12.9. The molecule has 1 aliphatic rings. The van der Waals surface area contributed by atoms with Gasteiger partial charge in [0, 0.05) is 31.9 Å².